The number of carbonyl (C=O) groups is 1. The molecule has 0 aliphatic carbocycles. The highest BCUT2D eigenvalue weighted by Crippen LogP contribution is 2.30. The van der Waals surface area contributed by atoms with Crippen LogP contribution in [0.5, 0.6) is 0 Å². The third kappa shape index (κ3) is 3.15. The zero-order valence-corrected chi connectivity index (χ0v) is 17.3. The van der Waals surface area contributed by atoms with E-state index in [4.69, 9.17) is 4.42 Å². The molecule has 10 nitrogen and oxygen atoms in total. The lowest BCUT2D eigenvalue weighted by Crippen LogP contribution is -2.42. The molecule has 0 saturated heterocycles. The Labute approximate surface area is 178 Å². The van der Waals surface area contributed by atoms with Gasteiger partial charge in [-0.1, -0.05) is 18.2 Å². The van der Waals surface area contributed by atoms with Crippen molar-refractivity contribution in [3.05, 3.63) is 62.9 Å². The van der Waals surface area contributed by atoms with Crippen LogP contribution >= 0.6 is 11.3 Å². The normalized spacial score (nSPS) is 11.4. The smallest absolute Gasteiger partial charge is 0.332 e. The minimum Gasteiger partial charge on any atom is -0.454 e. The van der Waals surface area contributed by atoms with Gasteiger partial charge in [0.15, 0.2) is 22.1 Å². The monoisotopic (exact) mass is 436 g/mol. The van der Waals surface area contributed by atoms with Crippen LogP contribution in [-0.2, 0) is 25.4 Å². The summed E-state index contributed by atoms with van der Waals surface area (Å²) < 4.78 is 9.44. The standard InChI is InChI=1S/C20H16N6O4S/c1-24-10-21-17-16(24)18(28)26(20(29)25(17)2)8-15(27)23-19-22-12(9-31-19)14-7-11-5-3-4-6-13(11)30-14/h3-7,9-10H,8H2,1-2H3,(H,22,23,27). The van der Waals surface area contributed by atoms with Gasteiger partial charge in [0.25, 0.3) is 5.56 Å². The van der Waals surface area contributed by atoms with Crippen LogP contribution in [0.1, 0.15) is 0 Å². The molecule has 156 valence electrons. The van der Waals surface area contributed by atoms with E-state index in [0.717, 1.165) is 15.5 Å². The number of aryl methyl sites for hydroxylation is 2. The van der Waals surface area contributed by atoms with Crippen molar-refractivity contribution < 1.29 is 9.21 Å². The number of fused-ring (bicyclic) bond motifs is 2. The van der Waals surface area contributed by atoms with Gasteiger partial charge >= 0.3 is 5.69 Å². The van der Waals surface area contributed by atoms with Crippen LogP contribution in [0.3, 0.4) is 0 Å². The summed E-state index contributed by atoms with van der Waals surface area (Å²) in [6.07, 6.45) is 1.45. The highest BCUT2D eigenvalue weighted by atomic mass is 32.1. The lowest BCUT2D eigenvalue weighted by Gasteiger charge is -2.08. The largest absolute Gasteiger partial charge is 0.454 e. The number of hydrogen-bond donors (Lipinski definition) is 1. The van der Waals surface area contributed by atoms with E-state index in [1.807, 2.05) is 30.3 Å². The first-order valence-corrected chi connectivity index (χ1v) is 10.2. The Kier molecular flexibility index (Phi) is 4.33. The number of rotatable bonds is 4. The highest BCUT2D eigenvalue weighted by Gasteiger charge is 2.18. The molecule has 4 aromatic heterocycles. The highest BCUT2D eigenvalue weighted by molar-refractivity contribution is 7.14. The fraction of sp³-hybridized carbons (Fsp3) is 0.150. The van der Waals surface area contributed by atoms with Crippen molar-refractivity contribution in [2.75, 3.05) is 5.32 Å². The molecule has 0 spiro atoms. The fourth-order valence-electron chi connectivity index (χ4n) is 3.39. The van der Waals surface area contributed by atoms with Crippen LogP contribution in [0, 0.1) is 0 Å². The number of benzene rings is 1. The van der Waals surface area contributed by atoms with Gasteiger partial charge in [0.1, 0.15) is 17.8 Å². The van der Waals surface area contributed by atoms with Gasteiger partial charge in [-0.15, -0.1) is 11.3 Å². The van der Waals surface area contributed by atoms with E-state index in [9.17, 15) is 14.4 Å². The third-order valence-electron chi connectivity index (χ3n) is 4.93. The lowest BCUT2D eigenvalue weighted by atomic mass is 10.2. The van der Waals surface area contributed by atoms with E-state index in [-0.39, 0.29) is 11.2 Å². The van der Waals surface area contributed by atoms with E-state index in [0.29, 0.717) is 16.6 Å². The molecule has 0 aliphatic rings. The van der Waals surface area contributed by atoms with Crippen molar-refractivity contribution in [1.82, 2.24) is 23.7 Å². The van der Waals surface area contributed by atoms with Crippen LogP contribution in [0.25, 0.3) is 33.6 Å². The Bertz CT molecular complexity index is 1550. The molecular weight excluding hydrogens is 420 g/mol. The van der Waals surface area contributed by atoms with E-state index in [1.54, 1.807) is 12.4 Å². The zero-order valence-electron chi connectivity index (χ0n) is 16.5. The summed E-state index contributed by atoms with van der Waals surface area (Å²) >= 11 is 1.22. The Morgan fingerprint density at radius 3 is 2.84 bits per heavy atom. The SMILES string of the molecule is Cn1cnc2c1c(=O)n(CC(=O)Nc1nc(-c3cc4ccccc4o3)cs1)c(=O)n2C. The Morgan fingerprint density at radius 1 is 1.23 bits per heavy atom. The number of furan rings is 1. The number of thiazole rings is 1. The quantitative estimate of drug-likeness (QED) is 0.460. The summed E-state index contributed by atoms with van der Waals surface area (Å²) in [5, 5.41) is 5.70. The zero-order chi connectivity index (χ0) is 21.7. The summed E-state index contributed by atoms with van der Waals surface area (Å²) in [6, 6.07) is 9.49. The van der Waals surface area contributed by atoms with E-state index < -0.39 is 23.7 Å². The van der Waals surface area contributed by atoms with Crippen LogP contribution in [0.15, 0.2) is 56.0 Å². The molecule has 11 heteroatoms. The molecule has 0 radical (unpaired) electrons. The van der Waals surface area contributed by atoms with Crippen LogP contribution in [0.2, 0.25) is 0 Å². The van der Waals surface area contributed by atoms with Crippen molar-refractivity contribution in [1.29, 1.82) is 0 Å². The lowest BCUT2D eigenvalue weighted by molar-refractivity contribution is -0.116. The molecule has 31 heavy (non-hydrogen) atoms. The molecule has 1 amide bonds. The molecule has 0 unspecified atom stereocenters. The minimum atomic E-state index is -0.617. The van der Waals surface area contributed by atoms with Crippen LogP contribution in [-0.4, -0.2) is 29.6 Å². The molecule has 0 aliphatic heterocycles. The summed E-state index contributed by atoms with van der Waals surface area (Å²) in [5.74, 6) is 0.0518. The first-order chi connectivity index (χ1) is 14.9. The average molecular weight is 436 g/mol. The number of anilines is 1. The topological polar surface area (TPSA) is 117 Å². The van der Waals surface area contributed by atoms with Gasteiger partial charge in [-0.3, -0.25) is 14.2 Å². The second-order valence-electron chi connectivity index (χ2n) is 7.00. The second-order valence-corrected chi connectivity index (χ2v) is 7.85. The van der Waals surface area contributed by atoms with Gasteiger partial charge in [0, 0.05) is 24.9 Å². The molecule has 0 atom stereocenters. The van der Waals surface area contributed by atoms with E-state index in [1.165, 1.54) is 33.8 Å². The number of carbonyl (C=O) groups excluding carboxylic acids is 1. The van der Waals surface area contributed by atoms with Gasteiger partial charge < -0.3 is 14.3 Å². The van der Waals surface area contributed by atoms with Gasteiger partial charge in [-0.05, 0) is 12.1 Å². The molecule has 0 saturated carbocycles. The van der Waals surface area contributed by atoms with E-state index >= 15 is 0 Å². The van der Waals surface area contributed by atoms with Crippen molar-refractivity contribution in [2.45, 2.75) is 6.54 Å². The molecular formula is C20H16N6O4S. The predicted octanol–water partition coefficient (Wildman–Crippen LogP) is 1.94. The van der Waals surface area contributed by atoms with Crippen molar-refractivity contribution >= 4 is 44.5 Å². The summed E-state index contributed by atoms with van der Waals surface area (Å²) in [5.41, 5.74) is 0.655. The maximum absolute atomic E-state index is 12.7. The van der Waals surface area contributed by atoms with Crippen molar-refractivity contribution in [2.24, 2.45) is 14.1 Å². The number of amides is 1. The molecule has 1 N–H and O–H groups in total. The average Bonchev–Trinajstić information content (AvgIpc) is 3.47. The Balaban J connectivity index is 1.40. The summed E-state index contributed by atoms with van der Waals surface area (Å²) in [6.45, 7) is -0.438. The summed E-state index contributed by atoms with van der Waals surface area (Å²) in [4.78, 5) is 46.3. The van der Waals surface area contributed by atoms with Gasteiger partial charge in [-0.25, -0.2) is 19.3 Å². The number of imidazole rings is 1. The van der Waals surface area contributed by atoms with Gasteiger partial charge in [-0.2, -0.15) is 0 Å². The Morgan fingerprint density at radius 2 is 2.03 bits per heavy atom. The van der Waals surface area contributed by atoms with Gasteiger partial charge in [0.2, 0.25) is 5.91 Å². The molecule has 0 bridgehead atoms. The number of aromatic nitrogens is 5. The van der Waals surface area contributed by atoms with Crippen molar-refractivity contribution in [3.63, 3.8) is 0 Å². The minimum absolute atomic E-state index is 0.247. The number of para-hydroxylation sites is 1. The molecule has 1 aromatic carbocycles. The molecule has 5 aromatic rings. The van der Waals surface area contributed by atoms with Gasteiger partial charge in [0.05, 0.1) is 6.33 Å². The molecule has 4 heterocycles. The maximum Gasteiger partial charge on any atom is 0.332 e. The predicted molar refractivity (Wildman–Crippen MR) is 116 cm³/mol. The Hall–Kier alpha value is -3.99. The van der Waals surface area contributed by atoms with E-state index in [2.05, 4.69) is 15.3 Å². The molecule has 0 fully saturated rings. The maximum atomic E-state index is 12.7. The van der Waals surface area contributed by atoms with Crippen LogP contribution < -0.4 is 16.6 Å². The number of nitrogens with zero attached hydrogens (tertiary/aromatic N) is 5. The first kappa shape index (κ1) is 19.0. The number of hydrogen-bond acceptors (Lipinski definition) is 7. The van der Waals surface area contributed by atoms with Crippen LogP contribution in [0.4, 0.5) is 5.13 Å². The number of nitrogens with one attached hydrogen (secondary N) is 1. The fourth-order valence-corrected chi connectivity index (χ4v) is 4.11. The molecule has 5 rings (SSSR count). The summed E-state index contributed by atoms with van der Waals surface area (Å²) in [7, 11) is 3.16. The second kappa shape index (κ2) is 7.06. The first-order valence-electron chi connectivity index (χ1n) is 9.27. The third-order valence-corrected chi connectivity index (χ3v) is 5.69. The van der Waals surface area contributed by atoms with Crippen molar-refractivity contribution in [3.8, 4) is 11.5 Å².